The minimum atomic E-state index is -0.107. The zero-order valence-electron chi connectivity index (χ0n) is 13.1. The van der Waals surface area contributed by atoms with Gasteiger partial charge in [0.25, 0.3) is 0 Å². The number of urea groups is 1. The highest BCUT2D eigenvalue weighted by Crippen LogP contribution is 2.19. The molecule has 0 aromatic heterocycles. The molecule has 0 heterocycles. The van der Waals surface area contributed by atoms with Gasteiger partial charge in [-0.2, -0.15) is 0 Å². The Bertz CT molecular complexity index is 298. The molecule has 0 rings (SSSR count). The third kappa shape index (κ3) is 18.1. The second kappa shape index (κ2) is 17.5. The average molecular weight is 387 g/mol. The highest BCUT2D eigenvalue weighted by molar-refractivity contribution is 8.77. The highest BCUT2D eigenvalue weighted by atomic mass is 33.1. The van der Waals surface area contributed by atoms with Crippen LogP contribution in [0.15, 0.2) is 0 Å². The first kappa shape index (κ1) is 22.1. The Morgan fingerprint density at radius 1 is 0.727 bits per heavy atom. The molecule has 0 aromatic carbocycles. The molecule has 3 amide bonds. The Kier molecular flexibility index (Phi) is 17.5. The van der Waals surface area contributed by atoms with Gasteiger partial charge in [-0.1, -0.05) is 43.2 Å². The summed E-state index contributed by atoms with van der Waals surface area (Å²) in [6, 6.07) is -0.107. The van der Waals surface area contributed by atoms with E-state index in [0.29, 0.717) is 19.6 Å². The van der Waals surface area contributed by atoms with E-state index in [1.807, 2.05) is 17.8 Å². The van der Waals surface area contributed by atoms with Gasteiger partial charge in [0, 0.05) is 56.1 Å². The molecule has 0 aliphatic rings. The van der Waals surface area contributed by atoms with Crippen molar-refractivity contribution in [3.63, 3.8) is 0 Å². The van der Waals surface area contributed by atoms with E-state index in [2.05, 4.69) is 21.3 Å². The van der Waals surface area contributed by atoms with Crippen molar-refractivity contribution in [2.75, 3.05) is 56.2 Å². The molecule has 4 N–H and O–H groups in total. The fourth-order valence-corrected chi connectivity index (χ4v) is 4.85. The third-order valence-corrected chi connectivity index (χ3v) is 6.92. The molecule has 0 aromatic rings. The monoisotopic (exact) mass is 386 g/mol. The molecule has 0 atom stereocenters. The summed E-state index contributed by atoms with van der Waals surface area (Å²) in [6.45, 7) is 4.53. The fraction of sp³-hybridized carbons (Fsp3) is 0.833. The second-order valence-corrected chi connectivity index (χ2v) is 9.46. The van der Waals surface area contributed by atoms with Gasteiger partial charge in [-0.25, -0.2) is 4.79 Å². The Labute approximate surface area is 149 Å². The molecule has 0 aliphatic heterocycles. The van der Waals surface area contributed by atoms with E-state index in [9.17, 15) is 9.59 Å². The van der Waals surface area contributed by atoms with Gasteiger partial charge in [0.05, 0.1) is 0 Å². The van der Waals surface area contributed by atoms with Crippen LogP contribution < -0.4 is 21.3 Å². The zero-order valence-corrected chi connectivity index (χ0v) is 16.4. The zero-order chi connectivity index (χ0) is 16.5. The SMILES string of the molecule is CNCCSSCCNC(=O)NCCSSCCNC(C)=O. The van der Waals surface area contributed by atoms with E-state index in [-0.39, 0.29) is 11.9 Å². The predicted molar refractivity (Wildman–Crippen MR) is 104 cm³/mol. The van der Waals surface area contributed by atoms with Gasteiger partial charge >= 0.3 is 6.03 Å². The minimum absolute atomic E-state index is 0.00234. The smallest absolute Gasteiger partial charge is 0.314 e. The number of carbonyl (C=O) groups is 2. The van der Waals surface area contributed by atoms with Crippen LogP contribution in [0.2, 0.25) is 0 Å². The molecule has 22 heavy (non-hydrogen) atoms. The summed E-state index contributed by atoms with van der Waals surface area (Å²) in [7, 11) is 8.92. The molecule has 0 saturated heterocycles. The van der Waals surface area contributed by atoms with Crippen molar-refractivity contribution in [2.45, 2.75) is 6.92 Å². The van der Waals surface area contributed by atoms with Gasteiger partial charge in [-0.3, -0.25) is 4.79 Å². The van der Waals surface area contributed by atoms with Crippen LogP contribution in [0.1, 0.15) is 6.92 Å². The van der Waals surface area contributed by atoms with Crippen molar-refractivity contribution in [3.05, 3.63) is 0 Å². The second-order valence-electron chi connectivity index (χ2n) is 4.06. The molecule has 130 valence electrons. The van der Waals surface area contributed by atoms with Crippen LogP contribution in [0.4, 0.5) is 4.79 Å². The molecule has 0 unspecified atom stereocenters. The van der Waals surface area contributed by atoms with Gasteiger partial charge in [0.15, 0.2) is 0 Å². The van der Waals surface area contributed by atoms with Crippen molar-refractivity contribution in [3.8, 4) is 0 Å². The maximum Gasteiger partial charge on any atom is 0.314 e. The van der Waals surface area contributed by atoms with Crippen LogP contribution in [-0.2, 0) is 4.79 Å². The van der Waals surface area contributed by atoms with Crippen LogP contribution in [-0.4, -0.2) is 68.2 Å². The van der Waals surface area contributed by atoms with Gasteiger partial charge in [0.2, 0.25) is 5.91 Å². The van der Waals surface area contributed by atoms with E-state index < -0.39 is 0 Å². The van der Waals surface area contributed by atoms with Crippen molar-refractivity contribution in [1.29, 1.82) is 0 Å². The lowest BCUT2D eigenvalue weighted by Crippen LogP contribution is -2.37. The molecule has 10 heteroatoms. The van der Waals surface area contributed by atoms with Crippen LogP contribution >= 0.6 is 43.2 Å². The molecule has 0 fully saturated rings. The normalized spacial score (nSPS) is 10.3. The first-order valence-corrected chi connectivity index (χ1v) is 12.0. The Morgan fingerprint density at radius 3 is 1.55 bits per heavy atom. The number of amides is 3. The predicted octanol–water partition coefficient (Wildman–Crippen LogP) is 1.40. The largest absolute Gasteiger partial charge is 0.355 e. The van der Waals surface area contributed by atoms with Crippen LogP contribution in [0.3, 0.4) is 0 Å². The molecular weight excluding hydrogens is 360 g/mol. The average Bonchev–Trinajstić information content (AvgIpc) is 2.48. The quantitative estimate of drug-likeness (QED) is 0.265. The number of rotatable bonds is 14. The van der Waals surface area contributed by atoms with Crippen molar-refractivity contribution >= 4 is 55.1 Å². The third-order valence-electron chi connectivity index (χ3n) is 2.10. The summed E-state index contributed by atoms with van der Waals surface area (Å²) >= 11 is 0. The van der Waals surface area contributed by atoms with Crippen LogP contribution in [0, 0.1) is 0 Å². The van der Waals surface area contributed by atoms with Crippen molar-refractivity contribution in [1.82, 2.24) is 21.3 Å². The Balaban J connectivity index is 3.17. The molecule has 0 aliphatic carbocycles. The van der Waals surface area contributed by atoms with E-state index in [0.717, 1.165) is 29.6 Å². The number of nitrogens with one attached hydrogen (secondary N) is 4. The highest BCUT2D eigenvalue weighted by Gasteiger charge is 1.99. The topological polar surface area (TPSA) is 82.3 Å². The fourth-order valence-electron chi connectivity index (χ4n) is 1.12. The van der Waals surface area contributed by atoms with Crippen molar-refractivity contribution < 1.29 is 9.59 Å². The number of carbonyl (C=O) groups excluding carboxylic acids is 2. The lowest BCUT2D eigenvalue weighted by Gasteiger charge is -2.07. The summed E-state index contributed by atoms with van der Waals surface area (Å²) < 4.78 is 0. The van der Waals surface area contributed by atoms with Gasteiger partial charge in [0.1, 0.15) is 0 Å². The van der Waals surface area contributed by atoms with Crippen LogP contribution in [0.25, 0.3) is 0 Å². The van der Waals surface area contributed by atoms with E-state index in [1.54, 1.807) is 32.4 Å². The Hall–Kier alpha value is 0.1000. The van der Waals surface area contributed by atoms with E-state index in [1.165, 1.54) is 6.92 Å². The van der Waals surface area contributed by atoms with E-state index >= 15 is 0 Å². The van der Waals surface area contributed by atoms with Gasteiger partial charge in [-0.15, -0.1) is 0 Å². The van der Waals surface area contributed by atoms with Crippen molar-refractivity contribution in [2.24, 2.45) is 0 Å². The molecule has 0 bridgehead atoms. The summed E-state index contributed by atoms with van der Waals surface area (Å²) in [4.78, 5) is 22.1. The molecule has 0 radical (unpaired) electrons. The van der Waals surface area contributed by atoms with Crippen LogP contribution in [0.5, 0.6) is 0 Å². The lowest BCUT2D eigenvalue weighted by molar-refractivity contribution is -0.118. The maximum atomic E-state index is 11.5. The molecule has 0 saturated carbocycles. The lowest BCUT2D eigenvalue weighted by atomic mass is 10.6. The first-order valence-electron chi connectivity index (χ1n) is 7.06. The molecule has 6 nitrogen and oxygen atoms in total. The molecular formula is C12H26N4O2S4. The van der Waals surface area contributed by atoms with Gasteiger partial charge < -0.3 is 21.3 Å². The minimum Gasteiger partial charge on any atom is -0.355 e. The standard InChI is InChI=1S/C12H26N4O2S4/c1-11(17)14-4-8-20-22-10-6-16-12(18)15-5-9-21-19-7-3-13-2/h13H,3-10H2,1-2H3,(H,14,17)(H2,15,16,18). The van der Waals surface area contributed by atoms with Gasteiger partial charge in [-0.05, 0) is 7.05 Å². The summed E-state index contributed by atoms with van der Waals surface area (Å²) in [5.41, 5.74) is 0. The Morgan fingerprint density at radius 2 is 1.14 bits per heavy atom. The van der Waals surface area contributed by atoms with E-state index in [4.69, 9.17) is 0 Å². The summed E-state index contributed by atoms with van der Waals surface area (Å²) in [6.07, 6.45) is 0. The summed E-state index contributed by atoms with van der Waals surface area (Å²) in [5.74, 6) is 3.72. The molecule has 0 spiro atoms. The number of hydrogen-bond donors (Lipinski definition) is 4. The summed E-state index contributed by atoms with van der Waals surface area (Å²) in [5, 5.41) is 11.5. The first-order chi connectivity index (χ1) is 10.7. The number of hydrogen-bond acceptors (Lipinski definition) is 7. The maximum absolute atomic E-state index is 11.5.